The van der Waals surface area contributed by atoms with Crippen LogP contribution in [-0.4, -0.2) is 88.7 Å². The number of carbonyl (C=O) groups excluding carboxylic acids is 2. The average Bonchev–Trinajstić information content (AvgIpc) is 2.72. The summed E-state index contributed by atoms with van der Waals surface area (Å²) in [6.07, 6.45) is 1.27. The molecule has 6 N–H and O–H groups in total. The molecule has 0 aliphatic rings. The SMILES string of the molecule is COCCOCCCNc1nc(C(N)=O)c(NCCCOCCOC)nc1C(N)=O. The molecule has 0 aliphatic heterocycles. The lowest BCUT2D eigenvalue weighted by molar-refractivity contribution is 0.0705. The average molecular weight is 428 g/mol. The first-order valence-corrected chi connectivity index (χ1v) is 9.64. The van der Waals surface area contributed by atoms with Gasteiger partial charge < -0.3 is 41.0 Å². The highest BCUT2D eigenvalue weighted by atomic mass is 16.5. The van der Waals surface area contributed by atoms with Crippen molar-refractivity contribution in [2.45, 2.75) is 12.8 Å². The van der Waals surface area contributed by atoms with Crippen LogP contribution in [0.5, 0.6) is 0 Å². The standard InChI is InChI=1S/C18H32N6O6/c1-27-9-11-29-7-3-5-21-17-13(15(19)25)24-18(14(23-17)16(20)26)22-6-4-8-30-12-10-28-2/h3-12H2,1-2H3,(H2,19,25)(H2,20,26)(H,21,23)(H,22,24). The van der Waals surface area contributed by atoms with E-state index >= 15 is 0 Å². The summed E-state index contributed by atoms with van der Waals surface area (Å²) in [5.74, 6) is -1.35. The summed E-state index contributed by atoms with van der Waals surface area (Å²) in [4.78, 5) is 31.9. The maximum atomic E-state index is 11.8. The molecule has 0 radical (unpaired) electrons. The van der Waals surface area contributed by atoms with Crippen molar-refractivity contribution in [3.05, 3.63) is 11.4 Å². The number of methoxy groups -OCH3 is 2. The van der Waals surface area contributed by atoms with E-state index in [4.69, 9.17) is 30.4 Å². The maximum Gasteiger partial charge on any atom is 0.271 e. The fourth-order valence-electron chi connectivity index (χ4n) is 2.28. The summed E-state index contributed by atoms with van der Waals surface area (Å²) in [6.45, 7) is 3.87. The highest BCUT2D eigenvalue weighted by Gasteiger charge is 2.20. The normalized spacial score (nSPS) is 10.7. The van der Waals surface area contributed by atoms with Crippen LogP contribution in [0.2, 0.25) is 0 Å². The van der Waals surface area contributed by atoms with E-state index in [1.165, 1.54) is 0 Å². The zero-order valence-electron chi connectivity index (χ0n) is 17.6. The molecule has 0 fully saturated rings. The van der Waals surface area contributed by atoms with Gasteiger partial charge in [-0.05, 0) is 12.8 Å². The monoisotopic (exact) mass is 428 g/mol. The molecular weight excluding hydrogens is 396 g/mol. The number of ether oxygens (including phenoxy) is 4. The molecular formula is C18H32N6O6. The van der Waals surface area contributed by atoms with E-state index in [1.807, 2.05) is 0 Å². The second-order valence-corrected chi connectivity index (χ2v) is 6.12. The molecule has 0 saturated heterocycles. The Balaban J connectivity index is 2.68. The number of amides is 2. The van der Waals surface area contributed by atoms with Gasteiger partial charge >= 0.3 is 0 Å². The van der Waals surface area contributed by atoms with E-state index in [1.54, 1.807) is 14.2 Å². The molecule has 170 valence electrons. The summed E-state index contributed by atoms with van der Waals surface area (Å²) in [7, 11) is 3.20. The number of primary amides is 2. The first-order valence-electron chi connectivity index (χ1n) is 9.64. The predicted octanol–water partition coefficient (Wildman–Crippen LogP) is -0.396. The lowest BCUT2D eigenvalue weighted by Crippen LogP contribution is -2.24. The topological polar surface area (TPSA) is 173 Å². The summed E-state index contributed by atoms with van der Waals surface area (Å²) in [5, 5.41) is 5.90. The molecule has 30 heavy (non-hydrogen) atoms. The van der Waals surface area contributed by atoms with Gasteiger partial charge in [-0.15, -0.1) is 0 Å². The summed E-state index contributed by atoms with van der Waals surface area (Å²) < 4.78 is 20.5. The molecule has 2 amide bonds. The lowest BCUT2D eigenvalue weighted by Gasteiger charge is -2.14. The third kappa shape index (κ3) is 9.78. The van der Waals surface area contributed by atoms with Crippen LogP contribution in [0.4, 0.5) is 11.6 Å². The van der Waals surface area contributed by atoms with Crippen molar-refractivity contribution in [1.82, 2.24) is 9.97 Å². The van der Waals surface area contributed by atoms with Crippen molar-refractivity contribution in [1.29, 1.82) is 0 Å². The zero-order chi connectivity index (χ0) is 22.2. The van der Waals surface area contributed by atoms with E-state index in [0.29, 0.717) is 65.6 Å². The van der Waals surface area contributed by atoms with Gasteiger partial charge in [-0.25, -0.2) is 9.97 Å². The van der Waals surface area contributed by atoms with Gasteiger partial charge in [-0.1, -0.05) is 0 Å². The smallest absolute Gasteiger partial charge is 0.271 e. The molecule has 0 unspecified atom stereocenters. The van der Waals surface area contributed by atoms with Gasteiger partial charge in [0.2, 0.25) is 0 Å². The molecule has 0 spiro atoms. The number of hydrogen-bond acceptors (Lipinski definition) is 10. The number of aromatic nitrogens is 2. The van der Waals surface area contributed by atoms with Crippen LogP contribution in [0.3, 0.4) is 0 Å². The van der Waals surface area contributed by atoms with Crippen LogP contribution in [0, 0.1) is 0 Å². The number of nitrogens with two attached hydrogens (primary N) is 2. The molecule has 0 atom stereocenters. The Kier molecular flexibility index (Phi) is 13.0. The number of hydrogen-bond donors (Lipinski definition) is 4. The summed E-state index contributed by atoms with van der Waals surface area (Å²) in [6, 6.07) is 0. The van der Waals surface area contributed by atoms with E-state index in [-0.39, 0.29) is 23.0 Å². The van der Waals surface area contributed by atoms with Gasteiger partial charge in [0.05, 0.1) is 26.4 Å². The van der Waals surface area contributed by atoms with Crippen molar-refractivity contribution in [3.8, 4) is 0 Å². The van der Waals surface area contributed by atoms with Crippen molar-refractivity contribution >= 4 is 23.5 Å². The Morgan fingerprint density at radius 3 is 1.47 bits per heavy atom. The molecule has 1 heterocycles. The van der Waals surface area contributed by atoms with Crippen molar-refractivity contribution in [2.75, 3.05) is 77.6 Å². The van der Waals surface area contributed by atoms with E-state index in [0.717, 1.165) is 0 Å². The minimum atomic E-state index is -0.775. The van der Waals surface area contributed by atoms with Crippen molar-refractivity contribution in [3.63, 3.8) is 0 Å². The van der Waals surface area contributed by atoms with Gasteiger partial charge in [0.1, 0.15) is 0 Å². The maximum absolute atomic E-state index is 11.8. The molecule has 1 aromatic heterocycles. The lowest BCUT2D eigenvalue weighted by atomic mass is 10.3. The number of carbonyl (C=O) groups is 2. The van der Waals surface area contributed by atoms with Gasteiger partial charge in [0.25, 0.3) is 11.8 Å². The Morgan fingerprint density at radius 1 is 0.733 bits per heavy atom. The molecule has 12 nitrogen and oxygen atoms in total. The summed E-state index contributed by atoms with van der Waals surface area (Å²) in [5.41, 5.74) is 10.7. The molecule has 0 bridgehead atoms. The molecule has 0 saturated carbocycles. The molecule has 0 aromatic carbocycles. The second kappa shape index (κ2) is 15.3. The number of nitrogens with zero attached hydrogens (tertiary/aromatic N) is 2. The van der Waals surface area contributed by atoms with Crippen LogP contribution in [0.25, 0.3) is 0 Å². The van der Waals surface area contributed by atoms with E-state index < -0.39 is 11.8 Å². The quantitative estimate of drug-likeness (QED) is 0.225. The molecule has 0 aliphatic carbocycles. The van der Waals surface area contributed by atoms with E-state index in [2.05, 4.69) is 20.6 Å². The highest BCUT2D eigenvalue weighted by molar-refractivity contribution is 6.00. The first kappa shape index (κ1) is 25.5. The number of anilines is 2. The van der Waals surface area contributed by atoms with Gasteiger partial charge in [-0.3, -0.25) is 9.59 Å². The van der Waals surface area contributed by atoms with E-state index in [9.17, 15) is 9.59 Å². The Morgan fingerprint density at radius 2 is 1.13 bits per heavy atom. The van der Waals surface area contributed by atoms with Crippen LogP contribution in [0.1, 0.15) is 33.8 Å². The van der Waals surface area contributed by atoms with Crippen LogP contribution in [-0.2, 0) is 18.9 Å². The number of rotatable bonds is 18. The van der Waals surface area contributed by atoms with Crippen molar-refractivity contribution in [2.24, 2.45) is 11.5 Å². The molecule has 12 heteroatoms. The van der Waals surface area contributed by atoms with Crippen molar-refractivity contribution < 1.29 is 28.5 Å². The minimum Gasteiger partial charge on any atom is -0.382 e. The van der Waals surface area contributed by atoms with Gasteiger partial charge in [0.15, 0.2) is 23.0 Å². The fourth-order valence-corrected chi connectivity index (χ4v) is 2.28. The Bertz CT molecular complexity index is 605. The Labute approximate surface area is 176 Å². The minimum absolute atomic E-state index is 0.0841. The first-order chi connectivity index (χ1) is 14.5. The van der Waals surface area contributed by atoms with Gasteiger partial charge in [0, 0.05) is 40.5 Å². The second-order valence-electron chi connectivity index (χ2n) is 6.12. The van der Waals surface area contributed by atoms with Crippen LogP contribution < -0.4 is 22.1 Å². The fraction of sp³-hybridized carbons (Fsp3) is 0.667. The number of nitrogens with one attached hydrogen (secondary N) is 2. The third-order valence-electron chi connectivity index (χ3n) is 3.74. The van der Waals surface area contributed by atoms with Gasteiger partial charge in [-0.2, -0.15) is 0 Å². The predicted molar refractivity (Wildman–Crippen MR) is 111 cm³/mol. The van der Waals surface area contributed by atoms with Crippen LogP contribution in [0.15, 0.2) is 0 Å². The molecule has 1 rings (SSSR count). The zero-order valence-corrected chi connectivity index (χ0v) is 17.6. The Hall–Kier alpha value is -2.54. The largest absolute Gasteiger partial charge is 0.382 e. The van der Waals surface area contributed by atoms with Crippen LogP contribution >= 0.6 is 0 Å². The highest BCUT2D eigenvalue weighted by Crippen LogP contribution is 2.18. The molecule has 1 aromatic rings. The summed E-state index contributed by atoms with van der Waals surface area (Å²) >= 11 is 0. The third-order valence-corrected chi connectivity index (χ3v) is 3.74.